The largest absolute Gasteiger partial charge is 0.354 e. The van der Waals surface area contributed by atoms with Crippen LogP contribution in [0.15, 0.2) is 0 Å². The van der Waals surface area contributed by atoms with E-state index in [9.17, 15) is 0 Å². The van der Waals surface area contributed by atoms with Crippen molar-refractivity contribution in [2.75, 3.05) is 11.9 Å². The minimum atomic E-state index is 0.441. The minimum Gasteiger partial charge on any atom is -0.354 e. The van der Waals surface area contributed by atoms with Gasteiger partial charge in [0.2, 0.25) is 0 Å². The fourth-order valence-electron chi connectivity index (χ4n) is 1.43. The summed E-state index contributed by atoms with van der Waals surface area (Å²) in [4.78, 5) is 2.09. The highest BCUT2D eigenvalue weighted by Gasteiger charge is 2.17. The number of halogens is 1. The summed E-state index contributed by atoms with van der Waals surface area (Å²) in [5.74, 6) is 1.47. The maximum absolute atomic E-state index is 5.91. The predicted octanol–water partition coefficient (Wildman–Crippen LogP) is 3.06. The standard InChI is InChI=1S/C9H16ClN3S/c1-6(2)5-7(3)13(4)9-8(10)11-14-12-9/h6-7H,5H2,1-4H3. The first-order chi connectivity index (χ1) is 6.52. The number of anilines is 1. The first-order valence-electron chi connectivity index (χ1n) is 4.73. The van der Waals surface area contributed by atoms with Crippen LogP contribution in [0.2, 0.25) is 5.15 Å². The zero-order valence-corrected chi connectivity index (χ0v) is 10.6. The average Bonchev–Trinajstić information content (AvgIpc) is 2.48. The monoisotopic (exact) mass is 233 g/mol. The molecule has 1 rings (SSSR count). The number of hydrogen-bond acceptors (Lipinski definition) is 4. The summed E-state index contributed by atoms with van der Waals surface area (Å²) in [6.07, 6.45) is 1.13. The summed E-state index contributed by atoms with van der Waals surface area (Å²) in [5, 5.41) is 0.508. The molecule has 3 nitrogen and oxygen atoms in total. The number of nitrogens with zero attached hydrogens (tertiary/aromatic N) is 3. The van der Waals surface area contributed by atoms with E-state index in [-0.39, 0.29) is 0 Å². The fourth-order valence-corrected chi connectivity index (χ4v) is 2.24. The maximum atomic E-state index is 5.91. The highest BCUT2D eigenvalue weighted by Crippen LogP contribution is 2.24. The molecule has 0 saturated heterocycles. The third-order valence-corrected chi connectivity index (χ3v) is 3.11. The Morgan fingerprint density at radius 3 is 2.43 bits per heavy atom. The Balaban J connectivity index is 2.65. The van der Waals surface area contributed by atoms with E-state index in [4.69, 9.17) is 11.6 Å². The highest BCUT2D eigenvalue weighted by atomic mass is 35.5. The lowest BCUT2D eigenvalue weighted by Crippen LogP contribution is -2.30. The van der Waals surface area contributed by atoms with Crippen molar-refractivity contribution in [2.45, 2.75) is 33.2 Å². The smallest absolute Gasteiger partial charge is 0.187 e. The van der Waals surface area contributed by atoms with E-state index in [1.165, 1.54) is 0 Å². The molecule has 1 aromatic rings. The zero-order chi connectivity index (χ0) is 10.7. The first kappa shape index (κ1) is 11.7. The molecule has 80 valence electrons. The van der Waals surface area contributed by atoms with Crippen molar-refractivity contribution in [1.29, 1.82) is 0 Å². The van der Waals surface area contributed by atoms with Gasteiger partial charge in [-0.1, -0.05) is 25.4 Å². The van der Waals surface area contributed by atoms with Gasteiger partial charge < -0.3 is 4.90 Å². The van der Waals surface area contributed by atoms with Gasteiger partial charge in [-0.15, -0.1) is 0 Å². The van der Waals surface area contributed by atoms with Gasteiger partial charge in [0, 0.05) is 13.1 Å². The molecule has 0 aliphatic carbocycles. The Hall–Kier alpha value is -0.350. The molecule has 0 aliphatic heterocycles. The van der Waals surface area contributed by atoms with Gasteiger partial charge in [-0.25, -0.2) is 0 Å². The Morgan fingerprint density at radius 2 is 2.00 bits per heavy atom. The molecular weight excluding hydrogens is 218 g/mol. The molecule has 0 spiro atoms. The third kappa shape index (κ3) is 2.82. The molecule has 1 unspecified atom stereocenters. The van der Waals surface area contributed by atoms with Crippen LogP contribution in [0.1, 0.15) is 27.2 Å². The van der Waals surface area contributed by atoms with E-state index in [0.29, 0.717) is 17.1 Å². The van der Waals surface area contributed by atoms with Crippen molar-refractivity contribution in [2.24, 2.45) is 5.92 Å². The molecular formula is C9H16ClN3S. The van der Waals surface area contributed by atoms with Crippen molar-refractivity contribution in [3.05, 3.63) is 5.15 Å². The number of rotatable bonds is 4. The van der Waals surface area contributed by atoms with Crippen LogP contribution in [0.25, 0.3) is 0 Å². The second-order valence-electron chi connectivity index (χ2n) is 3.97. The first-order valence-corrected chi connectivity index (χ1v) is 5.84. The van der Waals surface area contributed by atoms with Crippen molar-refractivity contribution < 1.29 is 0 Å². The molecule has 14 heavy (non-hydrogen) atoms. The third-order valence-electron chi connectivity index (χ3n) is 2.24. The lowest BCUT2D eigenvalue weighted by Gasteiger charge is -2.25. The second-order valence-corrected chi connectivity index (χ2v) is 4.85. The van der Waals surface area contributed by atoms with E-state index in [2.05, 4.69) is 34.4 Å². The number of aromatic nitrogens is 2. The van der Waals surface area contributed by atoms with Gasteiger partial charge in [0.25, 0.3) is 0 Å². The van der Waals surface area contributed by atoms with E-state index in [0.717, 1.165) is 24.0 Å². The molecule has 1 atom stereocenters. The van der Waals surface area contributed by atoms with Crippen molar-refractivity contribution >= 4 is 29.1 Å². The molecule has 1 aromatic heterocycles. The quantitative estimate of drug-likeness (QED) is 0.801. The van der Waals surface area contributed by atoms with Gasteiger partial charge in [0.05, 0.1) is 11.7 Å². The molecule has 0 aliphatic rings. The molecule has 0 amide bonds. The Morgan fingerprint density at radius 1 is 1.36 bits per heavy atom. The molecule has 0 bridgehead atoms. The van der Waals surface area contributed by atoms with Crippen LogP contribution in [-0.4, -0.2) is 21.8 Å². The Kier molecular flexibility index (Phi) is 4.13. The van der Waals surface area contributed by atoms with E-state index >= 15 is 0 Å². The van der Waals surface area contributed by atoms with Gasteiger partial charge >= 0.3 is 0 Å². The highest BCUT2D eigenvalue weighted by molar-refractivity contribution is 6.99. The number of hydrogen-bond donors (Lipinski definition) is 0. The topological polar surface area (TPSA) is 29.0 Å². The molecule has 0 aromatic carbocycles. The van der Waals surface area contributed by atoms with Crippen LogP contribution in [0.5, 0.6) is 0 Å². The summed E-state index contributed by atoms with van der Waals surface area (Å²) in [6.45, 7) is 6.60. The van der Waals surface area contributed by atoms with Crippen LogP contribution in [0.4, 0.5) is 5.82 Å². The Labute approximate surface area is 94.4 Å². The predicted molar refractivity (Wildman–Crippen MR) is 62.2 cm³/mol. The van der Waals surface area contributed by atoms with Crippen LogP contribution in [-0.2, 0) is 0 Å². The van der Waals surface area contributed by atoms with E-state index < -0.39 is 0 Å². The SMILES string of the molecule is CC(C)CC(C)N(C)c1nsnc1Cl. The van der Waals surface area contributed by atoms with Crippen molar-refractivity contribution in [1.82, 2.24) is 8.75 Å². The zero-order valence-electron chi connectivity index (χ0n) is 8.99. The fraction of sp³-hybridized carbons (Fsp3) is 0.778. The lowest BCUT2D eigenvalue weighted by atomic mass is 10.0. The van der Waals surface area contributed by atoms with Crippen LogP contribution in [0, 0.1) is 5.92 Å². The maximum Gasteiger partial charge on any atom is 0.187 e. The molecule has 0 radical (unpaired) electrons. The van der Waals surface area contributed by atoms with Crippen LogP contribution < -0.4 is 4.90 Å². The average molecular weight is 234 g/mol. The van der Waals surface area contributed by atoms with Crippen molar-refractivity contribution in [3.63, 3.8) is 0 Å². The van der Waals surface area contributed by atoms with Gasteiger partial charge in [-0.2, -0.15) is 8.75 Å². The van der Waals surface area contributed by atoms with E-state index in [1.54, 1.807) is 0 Å². The second kappa shape index (κ2) is 4.94. The minimum absolute atomic E-state index is 0.441. The van der Waals surface area contributed by atoms with Crippen LogP contribution in [0.3, 0.4) is 0 Å². The summed E-state index contributed by atoms with van der Waals surface area (Å²) >= 11 is 7.07. The molecule has 0 fully saturated rings. The Bertz CT molecular complexity index is 287. The lowest BCUT2D eigenvalue weighted by molar-refractivity contribution is 0.502. The van der Waals surface area contributed by atoms with E-state index in [1.807, 2.05) is 7.05 Å². The molecule has 0 saturated carbocycles. The van der Waals surface area contributed by atoms with Gasteiger partial charge in [-0.05, 0) is 19.3 Å². The molecule has 0 N–H and O–H groups in total. The summed E-state index contributed by atoms with van der Waals surface area (Å²) in [5.41, 5.74) is 0. The normalized spacial score (nSPS) is 13.3. The summed E-state index contributed by atoms with van der Waals surface area (Å²) in [7, 11) is 2.01. The van der Waals surface area contributed by atoms with Gasteiger partial charge in [0.1, 0.15) is 0 Å². The molecule has 5 heteroatoms. The van der Waals surface area contributed by atoms with Gasteiger partial charge in [0.15, 0.2) is 11.0 Å². The summed E-state index contributed by atoms with van der Waals surface area (Å²) in [6, 6.07) is 0.441. The van der Waals surface area contributed by atoms with Gasteiger partial charge in [-0.3, -0.25) is 0 Å². The summed E-state index contributed by atoms with van der Waals surface area (Å²) < 4.78 is 8.12. The van der Waals surface area contributed by atoms with Crippen LogP contribution >= 0.6 is 23.3 Å². The molecule has 1 heterocycles. The van der Waals surface area contributed by atoms with Crippen molar-refractivity contribution in [3.8, 4) is 0 Å².